The van der Waals surface area contributed by atoms with E-state index in [1.807, 2.05) is 0 Å². The van der Waals surface area contributed by atoms with Crippen molar-refractivity contribution < 1.29 is 9.18 Å². The number of nitrogen functional groups attached to an aromatic ring is 1. The van der Waals surface area contributed by atoms with Gasteiger partial charge in [0.25, 0.3) is 5.91 Å². The zero-order valence-corrected chi connectivity index (χ0v) is 10.6. The molecule has 2 heterocycles. The standard InChI is InChI=1S/C12H19FN4O/c1-9-3-2-5-16(7-9)12(18)11-10(14)8-17(15-11)6-4-13/h8-9H,2-7,14H2,1H3. The number of likely N-dealkylation sites (tertiary alicyclic amines) is 1. The maximum atomic E-state index is 12.3. The molecule has 1 fully saturated rings. The number of aryl methyl sites for hydroxylation is 1. The minimum Gasteiger partial charge on any atom is -0.396 e. The Morgan fingerprint density at radius 2 is 2.44 bits per heavy atom. The SMILES string of the molecule is CC1CCCN(C(=O)c2nn(CCF)cc2N)C1. The van der Waals surface area contributed by atoms with Crippen LogP contribution in [0.4, 0.5) is 10.1 Å². The van der Waals surface area contributed by atoms with Crippen molar-refractivity contribution in [1.82, 2.24) is 14.7 Å². The summed E-state index contributed by atoms with van der Waals surface area (Å²) in [5, 5.41) is 4.06. The fourth-order valence-corrected chi connectivity index (χ4v) is 2.33. The second-order valence-corrected chi connectivity index (χ2v) is 4.88. The lowest BCUT2D eigenvalue weighted by atomic mass is 10.00. The monoisotopic (exact) mass is 254 g/mol. The molecular weight excluding hydrogens is 235 g/mol. The fraction of sp³-hybridized carbons (Fsp3) is 0.667. The Morgan fingerprint density at radius 1 is 1.67 bits per heavy atom. The van der Waals surface area contributed by atoms with Gasteiger partial charge in [0.15, 0.2) is 5.69 Å². The maximum Gasteiger partial charge on any atom is 0.276 e. The van der Waals surface area contributed by atoms with Crippen molar-refractivity contribution in [2.24, 2.45) is 5.92 Å². The highest BCUT2D eigenvalue weighted by Gasteiger charge is 2.25. The van der Waals surface area contributed by atoms with E-state index < -0.39 is 6.67 Å². The number of rotatable bonds is 3. The Hall–Kier alpha value is -1.59. The number of carbonyl (C=O) groups excluding carboxylic acids is 1. The molecule has 0 aromatic carbocycles. The first-order valence-corrected chi connectivity index (χ1v) is 6.30. The zero-order valence-electron chi connectivity index (χ0n) is 10.6. The lowest BCUT2D eigenvalue weighted by Crippen LogP contribution is -2.39. The van der Waals surface area contributed by atoms with E-state index in [0.717, 1.165) is 25.9 Å². The third kappa shape index (κ3) is 2.63. The molecule has 1 aliphatic rings. The lowest BCUT2D eigenvalue weighted by Gasteiger charge is -2.30. The molecule has 1 aliphatic heterocycles. The van der Waals surface area contributed by atoms with E-state index in [-0.39, 0.29) is 18.1 Å². The van der Waals surface area contributed by atoms with Crippen LogP contribution in [0.15, 0.2) is 6.20 Å². The Bertz CT molecular complexity index is 432. The van der Waals surface area contributed by atoms with Crippen molar-refractivity contribution >= 4 is 11.6 Å². The van der Waals surface area contributed by atoms with Gasteiger partial charge in [-0.15, -0.1) is 0 Å². The number of nitrogens with zero attached hydrogens (tertiary/aromatic N) is 3. The van der Waals surface area contributed by atoms with E-state index in [1.54, 1.807) is 4.90 Å². The summed E-state index contributed by atoms with van der Waals surface area (Å²) in [6.07, 6.45) is 3.67. The highest BCUT2D eigenvalue weighted by molar-refractivity contribution is 5.97. The number of amides is 1. The highest BCUT2D eigenvalue weighted by Crippen LogP contribution is 2.19. The predicted molar refractivity (Wildman–Crippen MR) is 66.9 cm³/mol. The van der Waals surface area contributed by atoms with Crippen LogP contribution in [0.2, 0.25) is 0 Å². The molecule has 100 valence electrons. The molecule has 0 aliphatic carbocycles. The van der Waals surface area contributed by atoms with Crippen LogP contribution in [-0.2, 0) is 6.54 Å². The number of nitrogens with two attached hydrogens (primary N) is 1. The topological polar surface area (TPSA) is 64.2 Å². The molecule has 1 aromatic heterocycles. The lowest BCUT2D eigenvalue weighted by molar-refractivity contribution is 0.0677. The second kappa shape index (κ2) is 5.37. The minimum absolute atomic E-state index is 0.133. The zero-order chi connectivity index (χ0) is 13.1. The Kier molecular flexibility index (Phi) is 3.84. The van der Waals surface area contributed by atoms with Crippen LogP contribution >= 0.6 is 0 Å². The smallest absolute Gasteiger partial charge is 0.276 e. The molecule has 1 aromatic rings. The molecule has 1 atom stereocenters. The largest absolute Gasteiger partial charge is 0.396 e. The van der Waals surface area contributed by atoms with Crippen LogP contribution in [0.3, 0.4) is 0 Å². The summed E-state index contributed by atoms with van der Waals surface area (Å²) in [5.74, 6) is 0.369. The van der Waals surface area contributed by atoms with Gasteiger partial charge in [-0.05, 0) is 18.8 Å². The van der Waals surface area contributed by atoms with Crippen LogP contribution in [0.5, 0.6) is 0 Å². The van der Waals surface area contributed by atoms with E-state index >= 15 is 0 Å². The van der Waals surface area contributed by atoms with Gasteiger partial charge in [-0.1, -0.05) is 6.92 Å². The molecule has 0 spiro atoms. The first-order chi connectivity index (χ1) is 8.61. The van der Waals surface area contributed by atoms with E-state index in [1.165, 1.54) is 10.9 Å². The molecular formula is C12H19FN4O. The maximum absolute atomic E-state index is 12.3. The molecule has 1 saturated heterocycles. The first kappa shape index (κ1) is 12.9. The number of hydrogen-bond donors (Lipinski definition) is 1. The first-order valence-electron chi connectivity index (χ1n) is 6.30. The molecule has 18 heavy (non-hydrogen) atoms. The number of carbonyl (C=O) groups is 1. The van der Waals surface area contributed by atoms with E-state index in [2.05, 4.69) is 12.0 Å². The number of alkyl halides is 1. The summed E-state index contributed by atoms with van der Waals surface area (Å²) in [7, 11) is 0. The van der Waals surface area contributed by atoms with Crippen molar-refractivity contribution in [3.63, 3.8) is 0 Å². The van der Waals surface area contributed by atoms with Crippen LogP contribution in [0.25, 0.3) is 0 Å². The molecule has 2 N–H and O–H groups in total. The van der Waals surface area contributed by atoms with E-state index in [9.17, 15) is 9.18 Å². The molecule has 6 heteroatoms. The minimum atomic E-state index is -0.518. The van der Waals surface area contributed by atoms with Gasteiger partial charge in [0.1, 0.15) is 6.67 Å². The highest BCUT2D eigenvalue weighted by atomic mass is 19.1. The van der Waals surface area contributed by atoms with Gasteiger partial charge in [0.2, 0.25) is 0 Å². The van der Waals surface area contributed by atoms with Gasteiger partial charge in [-0.2, -0.15) is 5.10 Å². The Morgan fingerprint density at radius 3 is 3.11 bits per heavy atom. The molecule has 0 radical (unpaired) electrons. The van der Waals surface area contributed by atoms with Crippen LogP contribution < -0.4 is 5.73 Å². The summed E-state index contributed by atoms with van der Waals surface area (Å²) >= 11 is 0. The molecule has 0 saturated carbocycles. The number of hydrogen-bond acceptors (Lipinski definition) is 3. The van der Waals surface area contributed by atoms with Gasteiger partial charge >= 0.3 is 0 Å². The molecule has 5 nitrogen and oxygen atoms in total. The van der Waals surface area contributed by atoms with E-state index in [4.69, 9.17) is 5.73 Å². The van der Waals surface area contributed by atoms with Gasteiger partial charge in [-0.3, -0.25) is 9.48 Å². The van der Waals surface area contributed by atoms with Gasteiger partial charge in [-0.25, -0.2) is 4.39 Å². The Labute approximate surface area is 106 Å². The third-order valence-electron chi connectivity index (χ3n) is 3.25. The van der Waals surface area contributed by atoms with Crippen molar-refractivity contribution in [3.05, 3.63) is 11.9 Å². The van der Waals surface area contributed by atoms with Gasteiger partial charge in [0.05, 0.1) is 12.2 Å². The normalized spacial score (nSPS) is 20.1. The van der Waals surface area contributed by atoms with Gasteiger partial charge < -0.3 is 10.6 Å². The predicted octanol–water partition coefficient (Wildman–Crippen LogP) is 1.31. The summed E-state index contributed by atoms with van der Waals surface area (Å²) in [6, 6.07) is 0. The van der Waals surface area contributed by atoms with Crippen LogP contribution in [0, 0.1) is 5.92 Å². The second-order valence-electron chi connectivity index (χ2n) is 4.88. The quantitative estimate of drug-likeness (QED) is 0.884. The Balaban J connectivity index is 2.12. The molecule has 0 bridgehead atoms. The van der Waals surface area contributed by atoms with Crippen LogP contribution in [0.1, 0.15) is 30.3 Å². The fourth-order valence-electron chi connectivity index (χ4n) is 2.33. The van der Waals surface area contributed by atoms with Crippen molar-refractivity contribution in [2.75, 3.05) is 25.5 Å². The summed E-state index contributed by atoms with van der Waals surface area (Å²) < 4.78 is 13.6. The summed E-state index contributed by atoms with van der Waals surface area (Å²) in [6.45, 7) is 3.24. The number of piperidine rings is 1. The molecule has 1 unspecified atom stereocenters. The van der Waals surface area contributed by atoms with Gasteiger partial charge in [0, 0.05) is 19.3 Å². The number of anilines is 1. The van der Waals surface area contributed by atoms with E-state index in [0.29, 0.717) is 11.6 Å². The average Bonchev–Trinajstić information content (AvgIpc) is 2.70. The number of halogens is 1. The summed E-state index contributed by atoms with van der Waals surface area (Å²) in [4.78, 5) is 14.0. The molecule has 2 rings (SSSR count). The van der Waals surface area contributed by atoms with Crippen molar-refractivity contribution in [2.45, 2.75) is 26.3 Å². The average molecular weight is 254 g/mol. The van der Waals surface area contributed by atoms with Crippen LogP contribution in [-0.4, -0.2) is 40.4 Å². The third-order valence-corrected chi connectivity index (χ3v) is 3.25. The number of aromatic nitrogens is 2. The van der Waals surface area contributed by atoms with Crippen molar-refractivity contribution in [3.8, 4) is 0 Å². The molecule has 1 amide bonds. The van der Waals surface area contributed by atoms with Crippen molar-refractivity contribution in [1.29, 1.82) is 0 Å². The summed E-state index contributed by atoms with van der Waals surface area (Å²) in [5.41, 5.74) is 6.33.